The van der Waals surface area contributed by atoms with Gasteiger partial charge in [-0.3, -0.25) is 4.98 Å². The summed E-state index contributed by atoms with van der Waals surface area (Å²) in [6.07, 6.45) is 6.43. The minimum Gasteiger partial charge on any atom is -0.304 e. The van der Waals surface area contributed by atoms with Gasteiger partial charge in [-0.05, 0) is 30.3 Å². The van der Waals surface area contributed by atoms with E-state index in [-0.39, 0.29) is 11.4 Å². The van der Waals surface area contributed by atoms with Crippen molar-refractivity contribution in [3.05, 3.63) is 72.7 Å². The summed E-state index contributed by atoms with van der Waals surface area (Å²) in [7, 11) is 0. The Morgan fingerprint density at radius 1 is 1.08 bits per heavy atom. The van der Waals surface area contributed by atoms with Gasteiger partial charge in [0.2, 0.25) is 5.96 Å². The minimum atomic E-state index is -0.0154. The zero-order valence-corrected chi connectivity index (χ0v) is 14.4. The van der Waals surface area contributed by atoms with Gasteiger partial charge in [0.1, 0.15) is 5.17 Å². The van der Waals surface area contributed by atoms with Gasteiger partial charge in [0.25, 0.3) is 0 Å². The van der Waals surface area contributed by atoms with Crippen LogP contribution >= 0.6 is 23.4 Å². The Bertz CT molecular complexity index is 804. The van der Waals surface area contributed by atoms with Crippen LogP contribution in [0.4, 0.5) is 0 Å². The Balaban J connectivity index is 1.67. The van der Waals surface area contributed by atoms with Gasteiger partial charge in [0.15, 0.2) is 0 Å². The second-order valence-electron chi connectivity index (χ2n) is 5.48. The monoisotopic (exact) mass is 354 g/mol. The summed E-state index contributed by atoms with van der Waals surface area (Å²) in [5.74, 6) is 0.651. The minimum absolute atomic E-state index is 0.0154. The molecule has 1 aromatic heterocycles. The highest BCUT2D eigenvalue weighted by Crippen LogP contribution is 2.38. The van der Waals surface area contributed by atoms with Gasteiger partial charge in [-0.15, -0.1) is 11.8 Å². The van der Waals surface area contributed by atoms with Crippen LogP contribution in [-0.2, 0) is 0 Å². The van der Waals surface area contributed by atoms with E-state index in [2.05, 4.69) is 39.1 Å². The molecule has 120 valence electrons. The van der Waals surface area contributed by atoms with Crippen LogP contribution in [0.15, 0.2) is 81.9 Å². The van der Waals surface area contributed by atoms with Crippen LogP contribution in [0.2, 0.25) is 0 Å². The average Bonchev–Trinajstić information content (AvgIpc) is 2.63. The van der Waals surface area contributed by atoms with E-state index in [0.717, 1.165) is 12.1 Å². The Morgan fingerprint density at radius 2 is 1.92 bits per heavy atom. The van der Waals surface area contributed by atoms with E-state index < -0.39 is 0 Å². The molecule has 24 heavy (non-hydrogen) atoms. The zero-order chi connectivity index (χ0) is 16.4. The van der Waals surface area contributed by atoms with Gasteiger partial charge in [0, 0.05) is 23.7 Å². The summed E-state index contributed by atoms with van der Waals surface area (Å²) < 4.78 is 0. The molecule has 0 aliphatic carbocycles. The highest BCUT2D eigenvalue weighted by atomic mass is 35.5. The SMILES string of the molecule is ClC1=NC2=NC(c3ccccn3)CC(Sc3ccccc3)N2C=C1. The second-order valence-corrected chi connectivity index (χ2v) is 7.12. The Kier molecular flexibility index (Phi) is 4.36. The number of fused-ring (bicyclic) bond motifs is 1. The number of rotatable bonds is 3. The molecule has 0 amide bonds. The summed E-state index contributed by atoms with van der Waals surface area (Å²) in [6.45, 7) is 0. The number of allylic oxidation sites excluding steroid dienone is 1. The van der Waals surface area contributed by atoms with E-state index in [1.54, 1.807) is 24.0 Å². The van der Waals surface area contributed by atoms with Gasteiger partial charge in [-0.2, -0.15) is 0 Å². The van der Waals surface area contributed by atoms with Gasteiger partial charge in [-0.25, -0.2) is 9.98 Å². The number of guanidine groups is 1. The number of aliphatic imine (C=N–C) groups is 2. The summed E-state index contributed by atoms with van der Waals surface area (Å²) in [5, 5.41) is 0.645. The number of benzene rings is 1. The molecule has 0 spiro atoms. The number of hydrogen-bond acceptors (Lipinski definition) is 5. The first-order chi connectivity index (χ1) is 11.8. The van der Waals surface area contributed by atoms with E-state index in [1.807, 2.05) is 30.5 Å². The van der Waals surface area contributed by atoms with Crippen molar-refractivity contribution in [2.24, 2.45) is 9.98 Å². The van der Waals surface area contributed by atoms with Crippen molar-refractivity contribution in [1.29, 1.82) is 0 Å². The van der Waals surface area contributed by atoms with Crippen LogP contribution in [-0.4, -0.2) is 26.4 Å². The molecular weight excluding hydrogens is 340 g/mol. The predicted molar refractivity (Wildman–Crippen MR) is 99.4 cm³/mol. The average molecular weight is 355 g/mol. The summed E-state index contributed by atoms with van der Waals surface area (Å²) in [4.78, 5) is 16.9. The maximum atomic E-state index is 6.07. The lowest BCUT2D eigenvalue weighted by molar-refractivity contribution is 0.412. The quantitative estimate of drug-likeness (QED) is 0.816. The largest absolute Gasteiger partial charge is 0.304 e. The Hall–Kier alpha value is -2.11. The van der Waals surface area contributed by atoms with Crippen molar-refractivity contribution in [2.45, 2.75) is 22.7 Å². The number of pyridine rings is 1. The topological polar surface area (TPSA) is 40.9 Å². The molecule has 1 aromatic carbocycles. The molecule has 2 aliphatic heterocycles. The fraction of sp³-hybridized carbons (Fsp3) is 0.167. The lowest BCUT2D eigenvalue weighted by atomic mass is 10.1. The van der Waals surface area contributed by atoms with E-state index in [4.69, 9.17) is 16.6 Å². The molecule has 2 aliphatic rings. The second kappa shape index (κ2) is 6.79. The van der Waals surface area contributed by atoms with Gasteiger partial charge in [0.05, 0.1) is 17.1 Å². The highest BCUT2D eigenvalue weighted by molar-refractivity contribution is 7.99. The molecule has 4 rings (SSSR count). The van der Waals surface area contributed by atoms with Gasteiger partial charge in [-0.1, -0.05) is 35.9 Å². The van der Waals surface area contributed by atoms with Crippen molar-refractivity contribution >= 4 is 34.5 Å². The summed E-state index contributed by atoms with van der Waals surface area (Å²) in [6, 6.07) is 16.3. The molecule has 0 bridgehead atoms. The standard InChI is InChI=1S/C18H15ClN4S/c19-16-9-11-23-17(24-13-6-2-1-3-7-13)12-15(21-18(23)22-16)14-8-4-5-10-20-14/h1-11,15,17H,12H2. The van der Waals surface area contributed by atoms with Gasteiger partial charge < -0.3 is 4.90 Å². The fourth-order valence-corrected chi connectivity index (χ4v) is 4.05. The molecule has 0 fully saturated rings. The first-order valence-electron chi connectivity index (χ1n) is 7.71. The van der Waals surface area contributed by atoms with Crippen molar-refractivity contribution in [3.8, 4) is 0 Å². The summed E-state index contributed by atoms with van der Waals surface area (Å²) in [5.41, 5.74) is 0.962. The molecular formula is C18H15ClN4S. The van der Waals surface area contributed by atoms with Crippen LogP contribution in [0.3, 0.4) is 0 Å². The number of nitrogens with zero attached hydrogens (tertiary/aromatic N) is 4. The molecule has 6 heteroatoms. The van der Waals surface area contributed by atoms with E-state index >= 15 is 0 Å². The first kappa shape index (κ1) is 15.4. The highest BCUT2D eigenvalue weighted by Gasteiger charge is 2.32. The van der Waals surface area contributed by atoms with Crippen molar-refractivity contribution in [1.82, 2.24) is 9.88 Å². The van der Waals surface area contributed by atoms with Crippen LogP contribution in [0.5, 0.6) is 0 Å². The maximum absolute atomic E-state index is 6.07. The molecule has 2 atom stereocenters. The predicted octanol–water partition coefficient (Wildman–Crippen LogP) is 4.47. The molecule has 0 N–H and O–H groups in total. The summed E-state index contributed by atoms with van der Waals surface area (Å²) >= 11 is 7.88. The smallest absolute Gasteiger partial charge is 0.227 e. The van der Waals surface area contributed by atoms with Crippen molar-refractivity contribution in [2.75, 3.05) is 0 Å². The van der Waals surface area contributed by atoms with E-state index in [0.29, 0.717) is 11.1 Å². The Morgan fingerprint density at radius 3 is 2.71 bits per heavy atom. The third-order valence-corrected chi connectivity index (χ3v) is 5.31. The molecule has 2 aromatic rings. The van der Waals surface area contributed by atoms with Crippen LogP contribution in [0.25, 0.3) is 0 Å². The third-order valence-electron chi connectivity index (χ3n) is 3.86. The maximum Gasteiger partial charge on any atom is 0.227 e. The molecule has 0 saturated heterocycles. The number of hydrogen-bond donors (Lipinski definition) is 0. The van der Waals surface area contributed by atoms with Crippen molar-refractivity contribution < 1.29 is 0 Å². The van der Waals surface area contributed by atoms with Crippen LogP contribution in [0, 0.1) is 0 Å². The fourth-order valence-electron chi connectivity index (χ4n) is 2.74. The number of aromatic nitrogens is 1. The first-order valence-corrected chi connectivity index (χ1v) is 8.96. The van der Waals surface area contributed by atoms with Crippen LogP contribution < -0.4 is 0 Å². The van der Waals surface area contributed by atoms with E-state index in [9.17, 15) is 0 Å². The lowest BCUT2D eigenvalue weighted by Gasteiger charge is -2.36. The van der Waals surface area contributed by atoms with Crippen LogP contribution in [0.1, 0.15) is 18.2 Å². The molecule has 2 unspecified atom stereocenters. The number of thioether (sulfide) groups is 1. The van der Waals surface area contributed by atoms with Crippen molar-refractivity contribution in [3.63, 3.8) is 0 Å². The normalized spacial score (nSPS) is 22.6. The van der Waals surface area contributed by atoms with Gasteiger partial charge >= 0.3 is 0 Å². The third kappa shape index (κ3) is 3.23. The lowest BCUT2D eigenvalue weighted by Crippen LogP contribution is -2.40. The molecule has 0 radical (unpaired) electrons. The molecule has 0 saturated carbocycles. The Labute approximate surface area is 150 Å². The molecule has 3 heterocycles. The number of halogens is 1. The van der Waals surface area contributed by atoms with E-state index in [1.165, 1.54) is 4.90 Å². The molecule has 4 nitrogen and oxygen atoms in total. The zero-order valence-electron chi connectivity index (χ0n) is 12.8.